The summed E-state index contributed by atoms with van der Waals surface area (Å²) >= 11 is 0. The lowest BCUT2D eigenvalue weighted by Gasteiger charge is -2.36. The van der Waals surface area contributed by atoms with Crippen molar-refractivity contribution in [3.8, 4) is 0 Å². The first-order valence-corrected chi connectivity index (χ1v) is 8.25. The second-order valence-electron chi connectivity index (χ2n) is 5.73. The molecule has 1 aromatic rings. The fraction of sp³-hybridized carbons (Fsp3) is 0.571. The van der Waals surface area contributed by atoms with E-state index in [0.29, 0.717) is 12.5 Å². The van der Waals surface area contributed by atoms with Gasteiger partial charge in [0.05, 0.1) is 4.90 Å². The van der Waals surface area contributed by atoms with Crippen LogP contribution in [0.5, 0.6) is 0 Å². The molecule has 2 rings (SSSR count). The summed E-state index contributed by atoms with van der Waals surface area (Å²) in [6, 6.07) is 2.43. The van der Waals surface area contributed by atoms with Crippen LogP contribution >= 0.6 is 0 Å². The summed E-state index contributed by atoms with van der Waals surface area (Å²) in [4.78, 5) is -0.0176. The molecule has 0 aliphatic carbocycles. The van der Waals surface area contributed by atoms with E-state index < -0.39 is 15.8 Å². The summed E-state index contributed by atoms with van der Waals surface area (Å²) < 4.78 is 40.8. The number of benzene rings is 1. The van der Waals surface area contributed by atoms with Crippen molar-refractivity contribution < 1.29 is 12.8 Å². The minimum absolute atomic E-state index is 0.0176. The molecule has 1 fully saturated rings. The molecule has 1 heterocycles. The van der Waals surface area contributed by atoms with E-state index >= 15 is 0 Å². The molecule has 2 atom stereocenters. The Morgan fingerprint density at radius 2 is 1.95 bits per heavy atom. The minimum Gasteiger partial charge on any atom is -0.399 e. The summed E-state index contributed by atoms with van der Waals surface area (Å²) in [7, 11) is -3.71. The number of halogens is 1. The molecule has 4 nitrogen and oxygen atoms in total. The number of nitrogens with zero attached hydrogens (tertiary/aromatic N) is 1. The van der Waals surface area contributed by atoms with Gasteiger partial charge >= 0.3 is 0 Å². The molecule has 2 unspecified atom stereocenters. The Morgan fingerprint density at radius 1 is 1.30 bits per heavy atom. The second-order valence-corrected chi connectivity index (χ2v) is 7.59. The second kappa shape index (κ2) is 5.33. The molecule has 20 heavy (non-hydrogen) atoms. The fourth-order valence-electron chi connectivity index (χ4n) is 2.65. The number of hydrogen-bond donors (Lipinski definition) is 1. The van der Waals surface area contributed by atoms with Gasteiger partial charge in [0.2, 0.25) is 10.0 Å². The van der Waals surface area contributed by atoms with Gasteiger partial charge in [0, 0.05) is 23.8 Å². The van der Waals surface area contributed by atoms with Gasteiger partial charge in [-0.25, -0.2) is 12.8 Å². The Kier molecular flexibility index (Phi) is 4.07. The zero-order valence-corrected chi connectivity index (χ0v) is 12.9. The Morgan fingerprint density at radius 3 is 2.60 bits per heavy atom. The summed E-state index contributed by atoms with van der Waals surface area (Å²) in [5, 5.41) is 0. The molecule has 0 bridgehead atoms. The van der Waals surface area contributed by atoms with Gasteiger partial charge in [-0.1, -0.05) is 6.92 Å². The molecule has 2 N–H and O–H groups in total. The zero-order chi connectivity index (χ0) is 15.1. The Balaban J connectivity index is 2.50. The van der Waals surface area contributed by atoms with Crippen LogP contribution in [-0.4, -0.2) is 25.3 Å². The van der Waals surface area contributed by atoms with Gasteiger partial charge < -0.3 is 5.73 Å². The predicted octanol–water partition coefficient (Wildman–Crippen LogP) is 2.53. The van der Waals surface area contributed by atoms with Gasteiger partial charge in [-0.05, 0) is 44.7 Å². The van der Waals surface area contributed by atoms with E-state index in [9.17, 15) is 12.8 Å². The van der Waals surface area contributed by atoms with Gasteiger partial charge in [0.1, 0.15) is 5.82 Å². The van der Waals surface area contributed by atoms with Crippen LogP contribution in [0.15, 0.2) is 17.0 Å². The van der Waals surface area contributed by atoms with Crippen LogP contribution in [0.2, 0.25) is 0 Å². The number of rotatable bonds is 2. The first-order valence-electron chi connectivity index (χ1n) is 6.81. The van der Waals surface area contributed by atoms with Crippen molar-refractivity contribution in [2.75, 3.05) is 12.3 Å². The number of nitrogens with two attached hydrogens (primary N) is 1. The van der Waals surface area contributed by atoms with Gasteiger partial charge in [-0.2, -0.15) is 4.31 Å². The van der Waals surface area contributed by atoms with E-state index in [0.717, 1.165) is 18.9 Å². The molecular weight excluding hydrogens is 279 g/mol. The Bertz CT molecular complexity index is 616. The van der Waals surface area contributed by atoms with Gasteiger partial charge in [0.15, 0.2) is 0 Å². The lowest BCUT2D eigenvalue weighted by atomic mass is 9.97. The first kappa shape index (κ1) is 15.3. The third kappa shape index (κ3) is 2.67. The largest absolute Gasteiger partial charge is 0.399 e. The monoisotopic (exact) mass is 300 g/mol. The molecule has 0 spiro atoms. The van der Waals surface area contributed by atoms with Crippen LogP contribution in [0.25, 0.3) is 0 Å². The van der Waals surface area contributed by atoms with Crippen molar-refractivity contribution in [1.29, 1.82) is 0 Å². The summed E-state index contributed by atoms with van der Waals surface area (Å²) in [6.45, 7) is 5.86. The molecule has 0 amide bonds. The van der Waals surface area contributed by atoms with E-state index in [1.807, 2.05) is 13.8 Å². The van der Waals surface area contributed by atoms with Crippen molar-refractivity contribution in [2.45, 2.75) is 44.6 Å². The third-order valence-electron chi connectivity index (χ3n) is 3.97. The van der Waals surface area contributed by atoms with Crippen LogP contribution in [0, 0.1) is 18.7 Å². The smallest absolute Gasteiger partial charge is 0.243 e. The van der Waals surface area contributed by atoms with Crippen molar-refractivity contribution in [2.24, 2.45) is 5.92 Å². The Labute approximate surface area is 119 Å². The highest BCUT2D eigenvalue weighted by atomic mass is 32.2. The lowest BCUT2D eigenvalue weighted by Crippen LogP contribution is -2.45. The summed E-state index contributed by atoms with van der Waals surface area (Å²) in [5.41, 5.74) is 5.85. The highest BCUT2D eigenvalue weighted by molar-refractivity contribution is 7.89. The molecule has 1 saturated heterocycles. The van der Waals surface area contributed by atoms with Crippen LogP contribution in [-0.2, 0) is 10.0 Å². The lowest BCUT2D eigenvalue weighted by molar-refractivity contribution is 0.218. The zero-order valence-electron chi connectivity index (χ0n) is 12.1. The summed E-state index contributed by atoms with van der Waals surface area (Å²) in [5.74, 6) is -0.270. The molecule has 1 aromatic carbocycles. The van der Waals surface area contributed by atoms with Crippen molar-refractivity contribution in [3.05, 3.63) is 23.5 Å². The molecule has 1 aliphatic heterocycles. The van der Waals surface area contributed by atoms with E-state index in [1.54, 1.807) is 0 Å². The van der Waals surface area contributed by atoms with E-state index in [1.165, 1.54) is 17.3 Å². The maximum atomic E-state index is 13.7. The quantitative estimate of drug-likeness (QED) is 0.854. The van der Waals surface area contributed by atoms with Gasteiger partial charge in [0.25, 0.3) is 0 Å². The van der Waals surface area contributed by atoms with Gasteiger partial charge in [-0.3, -0.25) is 0 Å². The van der Waals surface area contributed by atoms with E-state index in [4.69, 9.17) is 5.73 Å². The van der Waals surface area contributed by atoms with Gasteiger partial charge in [-0.15, -0.1) is 0 Å². The first-order chi connectivity index (χ1) is 9.23. The predicted molar refractivity (Wildman–Crippen MR) is 77.3 cm³/mol. The average molecular weight is 300 g/mol. The minimum atomic E-state index is -3.71. The maximum absolute atomic E-state index is 13.7. The van der Waals surface area contributed by atoms with E-state index in [2.05, 4.69) is 0 Å². The van der Waals surface area contributed by atoms with Crippen LogP contribution < -0.4 is 5.73 Å². The molecule has 0 saturated carbocycles. The number of piperidine rings is 1. The highest BCUT2D eigenvalue weighted by Gasteiger charge is 2.34. The van der Waals surface area contributed by atoms with Crippen molar-refractivity contribution >= 4 is 15.7 Å². The summed E-state index contributed by atoms with van der Waals surface area (Å²) in [6.07, 6.45) is 1.84. The van der Waals surface area contributed by atoms with Crippen LogP contribution in [0.1, 0.15) is 32.3 Å². The Hall–Kier alpha value is -1.14. The van der Waals surface area contributed by atoms with Crippen molar-refractivity contribution in [3.63, 3.8) is 0 Å². The van der Waals surface area contributed by atoms with Crippen LogP contribution in [0.3, 0.4) is 0 Å². The van der Waals surface area contributed by atoms with Crippen molar-refractivity contribution in [1.82, 2.24) is 4.31 Å². The number of sulfonamides is 1. The van der Waals surface area contributed by atoms with Crippen LogP contribution in [0.4, 0.5) is 10.1 Å². The standard InChI is InChI=1S/C14H21FN2O2S/c1-9-4-5-10(2)17(8-9)20(18,19)14-7-12(16)6-13(15)11(14)3/h6-7,9-10H,4-5,8,16H2,1-3H3. The highest BCUT2D eigenvalue weighted by Crippen LogP contribution is 2.31. The topological polar surface area (TPSA) is 63.4 Å². The third-order valence-corrected chi connectivity index (χ3v) is 6.07. The number of anilines is 1. The van der Waals surface area contributed by atoms with E-state index in [-0.39, 0.29) is 22.2 Å². The molecule has 0 radical (unpaired) electrons. The maximum Gasteiger partial charge on any atom is 0.243 e. The molecule has 0 aromatic heterocycles. The number of nitrogen functional groups attached to an aromatic ring is 1. The number of hydrogen-bond acceptors (Lipinski definition) is 3. The normalized spacial score (nSPS) is 24.8. The molecule has 1 aliphatic rings. The average Bonchev–Trinajstić information content (AvgIpc) is 2.36. The molecule has 6 heteroatoms. The molecular formula is C14H21FN2O2S. The molecule has 112 valence electrons. The fourth-order valence-corrected chi connectivity index (χ4v) is 4.70. The SMILES string of the molecule is Cc1c(F)cc(N)cc1S(=O)(=O)N1CC(C)CCC1C.